The molecule has 13 heavy (non-hydrogen) atoms. The predicted octanol–water partition coefficient (Wildman–Crippen LogP) is 3.39. The summed E-state index contributed by atoms with van der Waals surface area (Å²) in [5.74, 6) is -0.279. The van der Waals surface area contributed by atoms with Crippen molar-refractivity contribution in [3.05, 3.63) is 34.6 Å². The first kappa shape index (κ1) is 11.0. The molecule has 0 radical (unpaired) electrons. The Morgan fingerprint density at radius 3 is 2.92 bits per heavy atom. The Hall–Kier alpha value is -0.120. The Bertz CT molecular complexity index is 280. The van der Waals surface area contributed by atoms with E-state index in [0.717, 1.165) is 5.33 Å². The van der Waals surface area contributed by atoms with Gasteiger partial charge in [-0.15, -0.1) is 0 Å². The zero-order valence-electron chi connectivity index (χ0n) is 6.90. The molecule has 0 spiro atoms. The minimum absolute atomic E-state index is 0.262. The number of hydrogen-bond donors (Lipinski definition) is 0. The molecule has 72 valence electrons. The Balaban J connectivity index is 2.59. The topological polar surface area (TPSA) is 9.23 Å². The van der Waals surface area contributed by atoms with Gasteiger partial charge < -0.3 is 4.74 Å². The lowest BCUT2D eigenvalue weighted by molar-refractivity contribution is 0.134. The Morgan fingerprint density at radius 1 is 1.46 bits per heavy atom. The van der Waals surface area contributed by atoms with Crippen molar-refractivity contribution < 1.29 is 9.13 Å². The third-order valence-corrected chi connectivity index (χ3v) is 2.05. The number of hydrogen-bond acceptors (Lipinski definition) is 1. The number of rotatable bonds is 4. The molecule has 0 N–H and O–H groups in total. The van der Waals surface area contributed by atoms with Crippen LogP contribution in [0.2, 0.25) is 5.02 Å². The highest BCUT2D eigenvalue weighted by Crippen LogP contribution is 2.15. The SMILES string of the molecule is Fc1ccc(Cl)cc1COCCBr. The van der Waals surface area contributed by atoms with Gasteiger partial charge in [-0.05, 0) is 18.2 Å². The summed E-state index contributed by atoms with van der Waals surface area (Å²) in [4.78, 5) is 0. The third kappa shape index (κ3) is 3.63. The molecule has 1 aromatic rings. The highest BCUT2D eigenvalue weighted by atomic mass is 79.9. The average molecular weight is 268 g/mol. The van der Waals surface area contributed by atoms with Crippen LogP contribution < -0.4 is 0 Å². The van der Waals surface area contributed by atoms with Gasteiger partial charge in [-0.25, -0.2) is 4.39 Å². The zero-order chi connectivity index (χ0) is 9.68. The molecule has 1 aromatic carbocycles. The van der Waals surface area contributed by atoms with Crippen molar-refractivity contribution in [1.82, 2.24) is 0 Å². The second-order valence-corrected chi connectivity index (χ2v) is 3.71. The van der Waals surface area contributed by atoms with Crippen LogP contribution in [0.25, 0.3) is 0 Å². The summed E-state index contributed by atoms with van der Waals surface area (Å²) in [5, 5.41) is 1.27. The lowest BCUT2D eigenvalue weighted by atomic mass is 10.2. The first-order valence-electron chi connectivity index (χ1n) is 3.81. The zero-order valence-corrected chi connectivity index (χ0v) is 9.24. The molecule has 0 atom stereocenters. The van der Waals surface area contributed by atoms with Crippen LogP contribution in [0.1, 0.15) is 5.56 Å². The van der Waals surface area contributed by atoms with E-state index in [2.05, 4.69) is 15.9 Å². The van der Waals surface area contributed by atoms with Crippen LogP contribution in [-0.2, 0) is 11.3 Å². The van der Waals surface area contributed by atoms with E-state index in [9.17, 15) is 4.39 Å². The first-order chi connectivity index (χ1) is 6.24. The second kappa shape index (κ2) is 5.58. The predicted molar refractivity (Wildman–Crippen MR) is 54.9 cm³/mol. The van der Waals surface area contributed by atoms with E-state index in [1.165, 1.54) is 12.1 Å². The molecule has 0 bridgehead atoms. The maximum absolute atomic E-state index is 13.0. The molecular weight excluding hydrogens is 258 g/mol. The van der Waals surface area contributed by atoms with E-state index in [0.29, 0.717) is 17.2 Å². The van der Waals surface area contributed by atoms with Crippen LogP contribution >= 0.6 is 27.5 Å². The lowest BCUT2D eigenvalue weighted by Crippen LogP contribution is -1.98. The molecule has 1 rings (SSSR count). The van der Waals surface area contributed by atoms with Crippen LogP contribution in [0.5, 0.6) is 0 Å². The molecule has 0 aliphatic heterocycles. The molecule has 0 unspecified atom stereocenters. The van der Waals surface area contributed by atoms with E-state index < -0.39 is 0 Å². The van der Waals surface area contributed by atoms with Crippen molar-refractivity contribution in [2.75, 3.05) is 11.9 Å². The van der Waals surface area contributed by atoms with Gasteiger partial charge in [-0.3, -0.25) is 0 Å². The average Bonchev–Trinajstić information content (AvgIpc) is 2.11. The monoisotopic (exact) mass is 266 g/mol. The molecule has 0 amide bonds. The summed E-state index contributed by atoms with van der Waals surface area (Å²) in [5.41, 5.74) is 0.494. The van der Waals surface area contributed by atoms with Gasteiger partial charge in [-0.2, -0.15) is 0 Å². The summed E-state index contributed by atoms with van der Waals surface area (Å²) in [6, 6.07) is 4.44. The summed E-state index contributed by atoms with van der Waals surface area (Å²) < 4.78 is 18.2. The smallest absolute Gasteiger partial charge is 0.128 e. The van der Waals surface area contributed by atoms with Crippen LogP contribution in [0.3, 0.4) is 0 Å². The Kier molecular flexibility index (Phi) is 4.70. The van der Waals surface area contributed by atoms with Gasteiger partial charge in [0.1, 0.15) is 5.82 Å². The standard InChI is InChI=1S/C9H9BrClFO/c10-3-4-13-6-7-5-8(11)1-2-9(7)12/h1-2,5H,3-4,6H2. The molecule has 0 fully saturated rings. The summed E-state index contributed by atoms with van der Waals surface area (Å²) in [7, 11) is 0. The second-order valence-electron chi connectivity index (χ2n) is 2.48. The molecule has 4 heteroatoms. The molecule has 0 saturated carbocycles. The number of ether oxygens (including phenoxy) is 1. The van der Waals surface area contributed by atoms with E-state index in [1.54, 1.807) is 6.07 Å². The first-order valence-corrected chi connectivity index (χ1v) is 5.31. The minimum atomic E-state index is -0.279. The molecule has 0 heterocycles. The number of benzene rings is 1. The van der Waals surface area contributed by atoms with Gasteiger partial charge in [0.25, 0.3) is 0 Å². The van der Waals surface area contributed by atoms with Crippen molar-refractivity contribution in [2.45, 2.75) is 6.61 Å². The third-order valence-electron chi connectivity index (χ3n) is 1.49. The maximum Gasteiger partial charge on any atom is 0.128 e. The van der Waals surface area contributed by atoms with Crippen molar-refractivity contribution in [3.8, 4) is 0 Å². The highest BCUT2D eigenvalue weighted by Gasteiger charge is 2.02. The van der Waals surface area contributed by atoms with Crippen molar-refractivity contribution >= 4 is 27.5 Å². The fourth-order valence-corrected chi connectivity index (χ4v) is 1.31. The van der Waals surface area contributed by atoms with Crippen molar-refractivity contribution in [1.29, 1.82) is 0 Å². The van der Waals surface area contributed by atoms with E-state index in [1.807, 2.05) is 0 Å². The van der Waals surface area contributed by atoms with Crippen LogP contribution in [-0.4, -0.2) is 11.9 Å². The van der Waals surface area contributed by atoms with Gasteiger partial charge in [0.15, 0.2) is 0 Å². The van der Waals surface area contributed by atoms with Gasteiger partial charge in [0, 0.05) is 15.9 Å². The van der Waals surface area contributed by atoms with Crippen molar-refractivity contribution in [2.24, 2.45) is 0 Å². The maximum atomic E-state index is 13.0. The Morgan fingerprint density at radius 2 is 2.23 bits per heavy atom. The van der Waals surface area contributed by atoms with Gasteiger partial charge in [-0.1, -0.05) is 27.5 Å². The quantitative estimate of drug-likeness (QED) is 0.600. The van der Waals surface area contributed by atoms with Crippen LogP contribution in [0, 0.1) is 5.82 Å². The summed E-state index contributed by atoms with van der Waals surface area (Å²) in [6.45, 7) is 0.823. The largest absolute Gasteiger partial charge is 0.376 e. The van der Waals surface area contributed by atoms with Crippen LogP contribution in [0.4, 0.5) is 4.39 Å². The summed E-state index contributed by atoms with van der Waals surface area (Å²) >= 11 is 8.91. The van der Waals surface area contributed by atoms with E-state index in [4.69, 9.17) is 16.3 Å². The molecular formula is C9H9BrClFO. The number of halogens is 3. The van der Waals surface area contributed by atoms with Crippen molar-refractivity contribution in [3.63, 3.8) is 0 Å². The molecule has 0 aliphatic rings. The van der Waals surface area contributed by atoms with Gasteiger partial charge in [0.2, 0.25) is 0 Å². The Labute approximate surface area is 90.0 Å². The molecule has 0 aromatic heterocycles. The van der Waals surface area contributed by atoms with Gasteiger partial charge in [0.05, 0.1) is 13.2 Å². The summed E-state index contributed by atoms with van der Waals surface area (Å²) in [6.07, 6.45) is 0. The highest BCUT2D eigenvalue weighted by molar-refractivity contribution is 9.09. The molecule has 0 saturated heterocycles. The van der Waals surface area contributed by atoms with Gasteiger partial charge >= 0.3 is 0 Å². The normalized spacial score (nSPS) is 10.4. The molecule has 0 aliphatic carbocycles. The van der Waals surface area contributed by atoms with E-state index >= 15 is 0 Å². The van der Waals surface area contributed by atoms with E-state index in [-0.39, 0.29) is 12.4 Å². The fourth-order valence-electron chi connectivity index (χ4n) is 0.891. The minimum Gasteiger partial charge on any atom is -0.376 e. The van der Waals surface area contributed by atoms with Crippen LogP contribution in [0.15, 0.2) is 18.2 Å². The lowest BCUT2D eigenvalue weighted by Gasteiger charge is -2.03. The number of alkyl halides is 1. The molecule has 1 nitrogen and oxygen atoms in total. The fraction of sp³-hybridized carbons (Fsp3) is 0.333.